The lowest BCUT2D eigenvalue weighted by Gasteiger charge is -2.27. The maximum atomic E-state index is 15.6. The fourth-order valence-electron chi connectivity index (χ4n) is 5.42. The standard InChI is InChI=1S/C38H32F3N5O4/c1-43-20-24(19-42)7-6-23-8-9-26(30(39)14-23)22-50-37-5-3-4-33(45-37)29-18-31(40)27(15-32(29)41)17-36-44-34-11-10-25(38(47)48-2)16-35(34)46(36)21-28-12-13-49-28/h3-5,8-11,14-16,18-20,28H,12-13,17,21-22,42H2,1-2H3/t28-/m0/s1. The van der Waals surface area contributed by atoms with E-state index in [0.717, 1.165) is 18.6 Å². The van der Waals surface area contributed by atoms with Gasteiger partial charge in [0.1, 0.15) is 29.9 Å². The first-order valence-corrected chi connectivity index (χ1v) is 15.7. The number of aromatic nitrogens is 3. The lowest BCUT2D eigenvalue weighted by Crippen LogP contribution is -2.31. The predicted molar refractivity (Wildman–Crippen MR) is 182 cm³/mol. The molecule has 1 fully saturated rings. The third kappa shape index (κ3) is 7.53. The van der Waals surface area contributed by atoms with Crippen molar-refractivity contribution in [3.8, 4) is 29.0 Å². The topological polar surface area (TPSA) is 114 Å². The maximum absolute atomic E-state index is 15.6. The van der Waals surface area contributed by atoms with Crippen LogP contribution < -0.4 is 10.5 Å². The van der Waals surface area contributed by atoms with Gasteiger partial charge < -0.3 is 24.5 Å². The molecule has 2 aromatic heterocycles. The summed E-state index contributed by atoms with van der Waals surface area (Å²) in [6, 6.07) is 16.3. The Labute approximate surface area is 286 Å². The number of methoxy groups -OCH3 is 1. The number of carbonyl (C=O) groups is 1. The number of nitrogens with two attached hydrogens (primary N) is 1. The van der Waals surface area contributed by atoms with E-state index in [-0.39, 0.29) is 47.4 Å². The number of hydrogen-bond donors (Lipinski definition) is 1. The summed E-state index contributed by atoms with van der Waals surface area (Å²) in [5, 5.41) is 0. The van der Waals surface area contributed by atoms with E-state index in [0.29, 0.717) is 46.7 Å². The number of aliphatic imine (C=N–C) groups is 1. The van der Waals surface area contributed by atoms with Gasteiger partial charge in [-0.2, -0.15) is 0 Å². The number of imidazole rings is 1. The van der Waals surface area contributed by atoms with E-state index < -0.39 is 23.4 Å². The summed E-state index contributed by atoms with van der Waals surface area (Å²) in [5.41, 5.74) is 8.48. The smallest absolute Gasteiger partial charge is 0.337 e. The summed E-state index contributed by atoms with van der Waals surface area (Å²) >= 11 is 0. The van der Waals surface area contributed by atoms with Gasteiger partial charge in [0.15, 0.2) is 0 Å². The van der Waals surface area contributed by atoms with Crippen LogP contribution in [0.15, 0.2) is 83.5 Å². The number of pyridine rings is 1. The summed E-state index contributed by atoms with van der Waals surface area (Å²) in [5.74, 6) is 3.87. The average molecular weight is 680 g/mol. The SMILES string of the molecule is CN=CC(C#Cc1ccc(COc2cccc(-c3cc(F)c(Cc4nc5ccc(C(=O)OC)cc5n4C[C@@H]4CCO4)cc3F)n2)c(F)c1)=CN. The zero-order valence-electron chi connectivity index (χ0n) is 27.3. The average Bonchev–Trinajstić information content (AvgIpc) is 3.44. The van der Waals surface area contributed by atoms with Crippen LogP contribution in [0.3, 0.4) is 0 Å². The van der Waals surface area contributed by atoms with E-state index >= 15 is 8.78 Å². The normalized spacial score (nSPS) is 14.3. The van der Waals surface area contributed by atoms with E-state index in [1.807, 2.05) is 4.57 Å². The highest BCUT2D eigenvalue weighted by Gasteiger charge is 2.24. The molecule has 2 N–H and O–H groups in total. The third-order valence-electron chi connectivity index (χ3n) is 8.14. The highest BCUT2D eigenvalue weighted by Crippen LogP contribution is 2.29. The third-order valence-corrected chi connectivity index (χ3v) is 8.14. The van der Waals surface area contributed by atoms with Gasteiger partial charge in [-0.1, -0.05) is 24.0 Å². The van der Waals surface area contributed by atoms with E-state index in [1.165, 1.54) is 31.7 Å². The molecule has 0 spiro atoms. The van der Waals surface area contributed by atoms with Crippen molar-refractivity contribution in [2.75, 3.05) is 20.8 Å². The maximum Gasteiger partial charge on any atom is 0.337 e. The number of hydrogen-bond acceptors (Lipinski definition) is 8. The van der Waals surface area contributed by atoms with Crippen LogP contribution in [0.25, 0.3) is 22.3 Å². The second-order valence-corrected chi connectivity index (χ2v) is 11.4. The van der Waals surface area contributed by atoms with Gasteiger partial charge >= 0.3 is 5.97 Å². The van der Waals surface area contributed by atoms with Crippen molar-refractivity contribution in [1.82, 2.24) is 14.5 Å². The molecule has 12 heteroatoms. The molecule has 1 atom stereocenters. The quantitative estimate of drug-likeness (QED) is 0.107. The molecule has 5 aromatic rings. The number of halogens is 3. The van der Waals surface area contributed by atoms with E-state index in [1.54, 1.807) is 49.5 Å². The van der Waals surface area contributed by atoms with Crippen molar-refractivity contribution in [2.45, 2.75) is 32.1 Å². The van der Waals surface area contributed by atoms with Gasteiger partial charge in [0, 0.05) is 55.2 Å². The highest BCUT2D eigenvalue weighted by molar-refractivity contribution is 5.93. The van der Waals surface area contributed by atoms with Crippen molar-refractivity contribution in [3.63, 3.8) is 0 Å². The molecule has 9 nitrogen and oxygen atoms in total. The van der Waals surface area contributed by atoms with Crippen molar-refractivity contribution < 1.29 is 32.2 Å². The van der Waals surface area contributed by atoms with E-state index in [4.69, 9.17) is 19.9 Å². The number of rotatable bonds is 10. The molecule has 1 aliphatic heterocycles. The Hall–Kier alpha value is -5.93. The first-order chi connectivity index (χ1) is 24.3. The molecule has 0 aliphatic carbocycles. The number of fused-ring (bicyclic) bond motifs is 1. The van der Waals surface area contributed by atoms with Gasteiger partial charge in [-0.3, -0.25) is 4.99 Å². The van der Waals surface area contributed by atoms with Crippen LogP contribution in [0.4, 0.5) is 13.2 Å². The highest BCUT2D eigenvalue weighted by atomic mass is 19.1. The van der Waals surface area contributed by atoms with Gasteiger partial charge in [0.2, 0.25) is 5.88 Å². The zero-order valence-corrected chi connectivity index (χ0v) is 27.3. The minimum absolute atomic E-state index is 0.0115. The Morgan fingerprint density at radius 1 is 1.06 bits per heavy atom. The van der Waals surface area contributed by atoms with Gasteiger partial charge in [-0.25, -0.2) is 27.9 Å². The number of ether oxygens (including phenoxy) is 3. The molecule has 254 valence electrons. The van der Waals surface area contributed by atoms with Crippen LogP contribution in [0.1, 0.15) is 39.3 Å². The largest absolute Gasteiger partial charge is 0.473 e. The first-order valence-electron chi connectivity index (χ1n) is 15.7. The Bertz CT molecular complexity index is 2200. The summed E-state index contributed by atoms with van der Waals surface area (Å²) < 4.78 is 64.1. The molecule has 1 aliphatic rings. The molecule has 3 aromatic carbocycles. The summed E-state index contributed by atoms with van der Waals surface area (Å²) in [7, 11) is 2.90. The summed E-state index contributed by atoms with van der Waals surface area (Å²) in [4.78, 5) is 25.1. The fraction of sp³-hybridized carbons (Fsp3) is 0.211. The Morgan fingerprint density at radius 3 is 2.60 bits per heavy atom. The van der Waals surface area contributed by atoms with Crippen molar-refractivity contribution in [1.29, 1.82) is 0 Å². The number of carbonyl (C=O) groups excluding carboxylic acids is 1. The van der Waals surface area contributed by atoms with Crippen molar-refractivity contribution in [3.05, 3.63) is 124 Å². The Morgan fingerprint density at radius 2 is 1.88 bits per heavy atom. The van der Waals surface area contributed by atoms with Crippen LogP contribution >= 0.6 is 0 Å². The molecule has 0 saturated carbocycles. The van der Waals surface area contributed by atoms with Gasteiger partial charge in [0.25, 0.3) is 0 Å². The van der Waals surface area contributed by atoms with Crippen molar-refractivity contribution >= 4 is 23.2 Å². The van der Waals surface area contributed by atoms with Gasteiger partial charge in [0.05, 0.1) is 47.6 Å². The molecule has 6 rings (SSSR count). The molecule has 50 heavy (non-hydrogen) atoms. The molecular formula is C38H32F3N5O4. The van der Waals surface area contributed by atoms with Crippen molar-refractivity contribution in [2.24, 2.45) is 10.7 Å². The van der Waals surface area contributed by atoms with E-state index in [9.17, 15) is 9.18 Å². The van der Waals surface area contributed by atoms with Crippen LogP contribution in [0.5, 0.6) is 5.88 Å². The minimum Gasteiger partial charge on any atom is -0.473 e. The Balaban J connectivity index is 1.20. The monoisotopic (exact) mass is 679 g/mol. The molecule has 3 heterocycles. The van der Waals surface area contributed by atoms with Gasteiger partial charge in [-0.15, -0.1) is 0 Å². The first kappa shape index (κ1) is 34.0. The molecule has 0 bridgehead atoms. The Kier molecular flexibility index (Phi) is 10.2. The number of benzene rings is 3. The lowest BCUT2D eigenvalue weighted by atomic mass is 10.0. The van der Waals surface area contributed by atoms with Crippen LogP contribution in [0.2, 0.25) is 0 Å². The molecular weight excluding hydrogens is 647 g/mol. The van der Waals surface area contributed by atoms with Crippen LogP contribution in [-0.4, -0.2) is 53.6 Å². The molecule has 0 radical (unpaired) electrons. The molecule has 0 unspecified atom stereocenters. The number of nitrogens with zero attached hydrogens (tertiary/aromatic N) is 4. The van der Waals surface area contributed by atoms with Crippen LogP contribution in [0, 0.1) is 29.3 Å². The van der Waals surface area contributed by atoms with Crippen LogP contribution in [-0.2, 0) is 29.0 Å². The van der Waals surface area contributed by atoms with E-state index in [2.05, 4.69) is 26.8 Å². The summed E-state index contributed by atoms with van der Waals surface area (Å²) in [6.45, 7) is 0.932. The zero-order chi connectivity index (χ0) is 35.2. The predicted octanol–water partition coefficient (Wildman–Crippen LogP) is 6.16. The number of esters is 1. The van der Waals surface area contributed by atoms with Gasteiger partial charge in [-0.05, 0) is 60.5 Å². The summed E-state index contributed by atoms with van der Waals surface area (Å²) in [6.07, 6.45) is 3.59. The number of allylic oxidation sites excluding steroid dienone is 1. The fourth-order valence-corrected chi connectivity index (χ4v) is 5.42. The second-order valence-electron chi connectivity index (χ2n) is 11.4. The second kappa shape index (κ2) is 15.1. The molecule has 1 saturated heterocycles. The minimum atomic E-state index is -0.690. The molecule has 0 amide bonds. The lowest BCUT2D eigenvalue weighted by molar-refractivity contribution is -0.0589.